The van der Waals surface area contributed by atoms with Crippen LogP contribution in [0.5, 0.6) is 0 Å². The Morgan fingerprint density at radius 2 is 1.60 bits per heavy atom. The first-order chi connectivity index (χ1) is 11.7. The van der Waals surface area contributed by atoms with E-state index in [0.29, 0.717) is 18.8 Å². The lowest BCUT2D eigenvalue weighted by atomic mass is 10.0. The monoisotopic (exact) mass is 368 g/mol. The first kappa shape index (κ1) is 21.5. The maximum Gasteiger partial charge on any atom is 0.232 e. The first-order valence-electron chi connectivity index (χ1n) is 9.06. The summed E-state index contributed by atoms with van der Waals surface area (Å²) in [5, 5.41) is 0. The van der Waals surface area contributed by atoms with Gasteiger partial charge in [-0.05, 0) is 30.4 Å². The second-order valence-electron chi connectivity index (χ2n) is 6.68. The van der Waals surface area contributed by atoms with E-state index in [1.807, 2.05) is 56.9 Å². The van der Waals surface area contributed by atoms with Crippen molar-refractivity contribution in [3.05, 3.63) is 29.8 Å². The molecule has 0 atom stereocenters. The predicted octanol–water partition coefficient (Wildman–Crippen LogP) is 3.61. The molecule has 0 N–H and O–H groups in total. The standard InChI is InChI=1S/C19H32N2O3S/c1-6-13-20(14-7-2)19(22)12-15-21(25(5,23)24)18-11-9-8-10-17(18)16(3)4/h8-11,16H,6-7,12-15H2,1-5H3. The second-order valence-corrected chi connectivity index (χ2v) is 8.59. The predicted molar refractivity (Wildman–Crippen MR) is 104 cm³/mol. The number of rotatable bonds is 10. The van der Waals surface area contributed by atoms with Crippen molar-refractivity contribution in [2.75, 3.05) is 30.2 Å². The maximum atomic E-state index is 12.5. The molecule has 0 saturated carbocycles. The van der Waals surface area contributed by atoms with Crippen molar-refractivity contribution in [3.8, 4) is 0 Å². The van der Waals surface area contributed by atoms with Gasteiger partial charge in [0.05, 0.1) is 11.9 Å². The Balaban J connectivity index is 3.02. The average Bonchev–Trinajstić information content (AvgIpc) is 2.53. The van der Waals surface area contributed by atoms with E-state index in [0.717, 1.165) is 18.4 Å². The summed E-state index contributed by atoms with van der Waals surface area (Å²) in [6, 6.07) is 7.51. The third-order valence-corrected chi connectivity index (χ3v) is 5.28. The maximum absolute atomic E-state index is 12.5. The number of benzene rings is 1. The number of nitrogens with zero attached hydrogens (tertiary/aromatic N) is 2. The van der Waals surface area contributed by atoms with Crippen LogP contribution in [0.4, 0.5) is 5.69 Å². The molecule has 1 aromatic carbocycles. The summed E-state index contributed by atoms with van der Waals surface area (Å²) < 4.78 is 26.1. The highest BCUT2D eigenvalue weighted by Gasteiger charge is 2.23. The lowest BCUT2D eigenvalue weighted by molar-refractivity contribution is -0.131. The molecule has 0 unspecified atom stereocenters. The third-order valence-electron chi connectivity index (χ3n) is 4.10. The van der Waals surface area contributed by atoms with Crippen LogP contribution in [0.25, 0.3) is 0 Å². The van der Waals surface area contributed by atoms with Gasteiger partial charge in [0.15, 0.2) is 0 Å². The first-order valence-corrected chi connectivity index (χ1v) is 10.9. The number of sulfonamides is 1. The summed E-state index contributed by atoms with van der Waals surface area (Å²) in [4.78, 5) is 14.3. The highest BCUT2D eigenvalue weighted by molar-refractivity contribution is 7.92. The summed E-state index contributed by atoms with van der Waals surface area (Å²) in [5.41, 5.74) is 1.64. The van der Waals surface area contributed by atoms with E-state index in [2.05, 4.69) is 0 Å². The van der Waals surface area contributed by atoms with Crippen LogP contribution in [-0.2, 0) is 14.8 Å². The molecule has 0 aromatic heterocycles. The van der Waals surface area contributed by atoms with Gasteiger partial charge in [0.2, 0.25) is 15.9 Å². The Bertz CT molecular complexity index is 650. The minimum absolute atomic E-state index is 0.0133. The largest absolute Gasteiger partial charge is 0.343 e. The van der Waals surface area contributed by atoms with E-state index in [4.69, 9.17) is 0 Å². The van der Waals surface area contributed by atoms with Crippen molar-refractivity contribution in [2.45, 2.75) is 52.9 Å². The van der Waals surface area contributed by atoms with Crippen molar-refractivity contribution in [1.82, 2.24) is 4.90 Å². The fourth-order valence-electron chi connectivity index (χ4n) is 2.92. The van der Waals surface area contributed by atoms with Gasteiger partial charge in [0.25, 0.3) is 0 Å². The quantitative estimate of drug-likeness (QED) is 0.634. The summed E-state index contributed by atoms with van der Waals surface area (Å²) in [5.74, 6) is 0.215. The molecule has 1 aromatic rings. The van der Waals surface area contributed by atoms with E-state index < -0.39 is 10.0 Å². The SMILES string of the molecule is CCCN(CCC)C(=O)CCN(c1ccccc1C(C)C)S(C)(=O)=O. The van der Waals surface area contributed by atoms with Gasteiger partial charge < -0.3 is 4.90 Å². The summed E-state index contributed by atoms with van der Waals surface area (Å²) in [7, 11) is -3.46. The lowest BCUT2D eigenvalue weighted by Crippen LogP contribution is -2.38. The highest BCUT2D eigenvalue weighted by Crippen LogP contribution is 2.29. The fraction of sp³-hybridized carbons (Fsp3) is 0.632. The Morgan fingerprint density at radius 1 is 1.04 bits per heavy atom. The number of carbonyl (C=O) groups excluding carboxylic acids is 1. The molecule has 6 heteroatoms. The Labute approximate surface area is 153 Å². The molecule has 25 heavy (non-hydrogen) atoms. The van der Waals surface area contributed by atoms with Gasteiger partial charge in [-0.25, -0.2) is 8.42 Å². The van der Waals surface area contributed by atoms with Crippen molar-refractivity contribution in [1.29, 1.82) is 0 Å². The molecule has 0 radical (unpaired) electrons. The molecule has 142 valence electrons. The number of anilines is 1. The molecular formula is C19H32N2O3S. The summed E-state index contributed by atoms with van der Waals surface area (Å²) >= 11 is 0. The van der Waals surface area contributed by atoms with Crippen molar-refractivity contribution >= 4 is 21.6 Å². The van der Waals surface area contributed by atoms with Crippen LogP contribution in [-0.4, -0.2) is 45.1 Å². The molecular weight excluding hydrogens is 336 g/mol. The molecule has 0 fully saturated rings. The zero-order valence-corrected chi connectivity index (χ0v) is 17.0. The molecule has 1 rings (SSSR count). The highest BCUT2D eigenvalue weighted by atomic mass is 32.2. The van der Waals surface area contributed by atoms with Crippen LogP contribution in [0.1, 0.15) is 58.4 Å². The molecule has 0 aliphatic heterocycles. The zero-order valence-electron chi connectivity index (χ0n) is 16.2. The van der Waals surface area contributed by atoms with Gasteiger partial charge in [-0.15, -0.1) is 0 Å². The number of carbonyl (C=O) groups is 1. The Kier molecular flexibility index (Phi) is 8.42. The number of hydrogen-bond donors (Lipinski definition) is 0. The lowest BCUT2D eigenvalue weighted by Gasteiger charge is -2.27. The smallest absolute Gasteiger partial charge is 0.232 e. The van der Waals surface area contributed by atoms with Crippen molar-refractivity contribution < 1.29 is 13.2 Å². The fourth-order valence-corrected chi connectivity index (χ4v) is 3.87. The van der Waals surface area contributed by atoms with Crippen LogP contribution in [0.15, 0.2) is 24.3 Å². The van der Waals surface area contributed by atoms with Crippen LogP contribution in [0.2, 0.25) is 0 Å². The Hall–Kier alpha value is -1.56. The molecule has 5 nitrogen and oxygen atoms in total. The number of amides is 1. The summed E-state index contributed by atoms with van der Waals surface area (Å²) in [6.45, 7) is 9.76. The molecule has 0 aliphatic rings. The van der Waals surface area contributed by atoms with E-state index in [-0.39, 0.29) is 24.8 Å². The van der Waals surface area contributed by atoms with Gasteiger partial charge >= 0.3 is 0 Å². The molecule has 0 spiro atoms. The number of para-hydroxylation sites is 1. The van der Waals surface area contributed by atoms with Gasteiger partial charge in [0, 0.05) is 26.1 Å². The van der Waals surface area contributed by atoms with Crippen molar-refractivity contribution in [2.24, 2.45) is 0 Å². The van der Waals surface area contributed by atoms with Crippen LogP contribution >= 0.6 is 0 Å². The minimum Gasteiger partial charge on any atom is -0.343 e. The third kappa shape index (κ3) is 6.34. The van der Waals surface area contributed by atoms with Crippen LogP contribution in [0.3, 0.4) is 0 Å². The molecule has 0 aliphatic carbocycles. The van der Waals surface area contributed by atoms with Gasteiger partial charge in [-0.2, -0.15) is 0 Å². The topological polar surface area (TPSA) is 57.7 Å². The normalized spacial score (nSPS) is 11.6. The van der Waals surface area contributed by atoms with E-state index in [9.17, 15) is 13.2 Å². The minimum atomic E-state index is -3.46. The molecule has 0 saturated heterocycles. The van der Waals surface area contributed by atoms with Crippen LogP contribution in [0, 0.1) is 0 Å². The Morgan fingerprint density at radius 3 is 2.08 bits per heavy atom. The van der Waals surface area contributed by atoms with Gasteiger partial charge in [-0.1, -0.05) is 45.9 Å². The molecule has 0 heterocycles. The molecule has 0 bridgehead atoms. The van der Waals surface area contributed by atoms with E-state index in [1.165, 1.54) is 10.6 Å². The van der Waals surface area contributed by atoms with Crippen molar-refractivity contribution in [3.63, 3.8) is 0 Å². The van der Waals surface area contributed by atoms with E-state index in [1.54, 1.807) is 0 Å². The van der Waals surface area contributed by atoms with Gasteiger partial charge in [0.1, 0.15) is 0 Å². The number of hydrogen-bond acceptors (Lipinski definition) is 3. The second kappa shape index (κ2) is 9.80. The zero-order chi connectivity index (χ0) is 19.0. The summed E-state index contributed by atoms with van der Waals surface area (Å²) in [6.07, 6.45) is 3.19. The van der Waals surface area contributed by atoms with Gasteiger partial charge in [-0.3, -0.25) is 9.10 Å². The van der Waals surface area contributed by atoms with Crippen LogP contribution < -0.4 is 4.31 Å². The average molecular weight is 369 g/mol. The van der Waals surface area contributed by atoms with E-state index >= 15 is 0 Å². The molecule has 1 amide bonds.